The van der Waals surface area contributed by atoms with Crippen molar-refractivity contribution in [3.8, 4) is 0 Å². The molecule has 0 radical (unpaired) electrons. The van der Waals surface area contributed by atoms with Crippen molar-refractivity contribution >= 4 is 5.97 Å². The maximum atomic E-state index is 12.8. The molecule has 1 atom stereocenters. The summed E-state index contributed by atoms with van der Waals surface area (Å²) in [5, 5.41) is 8.80. The average molecular weight is 268 g/mol. The van der Waals surface area contributed by atoms with Gasteiger partial charge in [-0.1, -0.05) is 18.2 Å². The van der Waals surface area contributed by atoms with Gasteiger partial charge in [0.15, 0.2) is 5.41 Å². The van der Waals surface area contributed by atoms with Gasteiger partial charge in [-0.15, -0.1) is 0 Å². The highest BCUT2D eigenvalue weighted by molar-refractivity contribution is 5.82. The van der Waals surface area contributed by atoms with E-state index in [4.69, 9.17) is 5.11 Å². The van der Waals surface area contributed by atoms with Crippen LogP contribution in [0.2, 0.25) is 0 Å². The van der Waals surface area contributed by atoms with Crippen LogP contribution in [-0.4, -0.2) is 17.5 Å². The normalized spacial score (nSPS) is 15.5. The monoisotopic (exact) mass is 268 g/mol. The van der Waals surface area contributed by atoms with Gasteiger partial charge in [-0.2, -0.15) is 13.2 Å². The molecule has 1 N–H and O–H groups in total. The van der Waals surface area contributed by atoms with Crippen LogP contribution in [0, 0.1) is 0 Å². The second kappa shape index (κ2) is 4.55. The standard InChI is InChI=1S/C11H9F5O2/c1-10(8(12)13,9(17)18)6-4-2-3-5-7(6)11(14,15)16/h2-5,8H,1H3,(H,17,18). The molecule has 1 aromatic rings. The van der Waals surface area contributed by atoms with Crippen molar-refractivity contribution in [3.05, 3.63) is 35.4 Å². The lowest BCUT2D eigenvalue weighted by molar-refractivity contribution is -0.151. The number of carbonyl (C=O) groups is 1. The fourth-order valence-electron chi connectivity index (χ4n) is 1.51. The zero-order chi connectivity index (χ0) is 14.1. The van der Waals surface area contributed by atoms with Crippen LogP contribution in [-0.2, 0) is 16.4 Å². The van der Waals surface area contributed by atoms with Crippen molar-refractivity contribution in [1.82, 2.24) is 0 Å². The van der Waals surface area contributed by atoms with Gasteiger partial charge in [0.25, 0.3) is 6.43 Å². The maximum Gasteiger partial charge on any atom is 0.416 e. The molecule has 1 rings (SSSR count). The summed E-state index contributed by atoms with van der Waals surface area (Å²) >= 11 is 0. The van der Waals surface area contributed by atoms with Gasteiger partial charge in [-0.05, 0) is 18.6 Å². The molecule has 0 saturated carbocycles. The van der Waals surface area contributed by atoms with E-state index in [9.17, 15) is 26.7 Å². The van der Waals surface area contributed by atoms with Gasteiger partial charge in [0, 0.05) is 0 Å². The fourth-order valence-corrected chi connectivity index (χ4v) is 1.51. The molecule has 0 aliphatic heterocycles. The van der Waals surface area contributed by atoms with Crippen molar-refractivity contribution in [1.29, 1.82) is 0 Å². The van der Waals surface area contributed by atoms with Gasteiger partial charge in [0.2, 0.25) is 0 Å². The molecule has 0 aliphatic rings. The molecular weight excluding hydrogens is 259 g/mol. The largest absolute Gasteiger partial charge is 0.480 e. The summed E-state index contributed by atoms with van der Waals surface area (Å²) in [6.45, 7) is 0.574. The van der Waals surface area contributed by atoms with E-state index in [-0.39, 0.29) is 0 Å². The molecule has 0 aromatic heterocycles. The predicted octanol–water partition coefficient (Wildman–Crippen LogP) is 3.31. The van der Waals surface area contributed by atoms with Crippen LogP contribution in [0.25, 0.3) is 0 Å². The van der Waals surface area contributed by atoms with Gasteiger partial charge in [-0.25, -0.2) is 8.78 Å². The first kappa shape index (κ1) is 14.4. The second-order valence-electron chi connectivity index (χ2n) is 3.85. The summed E-state index contributed by atoms with van der Waals surface area (Å²) in [6.07, 6.45) is -8.35. The third-order valence-electron chi connectivity index (χ3n) is 2.67. The van der Waals surface area contributed by atoms with E-state index in [1.807, 2.05) is 0 Å². The molecule has 1 unspecified atom stereocenters. The first-order valence-electron chi connectivity index (χ1n) is 4.80. The Hall–Kier alpha value is -1.66. The van der Waals surface area contributed by atoms with Gasteiger partial charge >= 0.3 is 12.1 Å². The minimum absolute atomic E-state index is 0.574. The topological polar surface area (TPSA) is 37.3 Å². The van der Waals surface area contributed by atoms with Gasteiger partial charge in [-0.3, -0.25) is 4.79 Å². The number of carboxylic acids is 1. The van der Waals surface area contributed by atoms with Gasteiger partial charge in [0.1, 0.15) is 0 Å². The third-order valence-corrected chi connectivity index (χ3v) is 2.67. The molecule has 0 amide bonds. The van der Waals surface area contributed by atoms with Crippen molar-refractivity contribution in [2.45, 2.75) is 24.9 Å². The van der Waals surface area contributed by atoms with Gasteiger partial charge < -0.3 is 5.11 Å². The quantitative estimate of drug-likeness (QED) is 0.854. The van der Waals surface area contributed by atoms with Crippen LogP contribution in [0.4, 0.5) is 22.0 Å². The van der Waals surface area contributed by atoms with E-state index >= 15 is 0 Å². The number of benzene rings is 1. The molecule has 0 spiro atoms. The highest BCUT2D eigenvalue weighted by atomic mass is 19.4. The van der Waals surface area contributed by atoms with Crippen molar-refractivity contribution in [2.24, 2.45) is 0 Å². The van der Waals surface area contributed by atoms with Crippen LogP contribution in [0.5, 0.6) is 0 Å². The van der Waals surface area contributed by atoms with E-state index < -0.39 is 35.1 Å². The SMILES string of the molecule is CC(C(=O)O)(c1ccccc1C(F)(F)F)C(F)F. The summed E-state index contributed by atoms with van der Waals surface area (Å²) in [7, 11) is 0. The van der Waals surface area contributed by atoms with E-state index in [0.717, 1.165) is 18.2 Å². The van der Waals surface area contributed by atoms with Crippen molar-refractivity contribution in [2.75, 3.05) is 0 Å². The van der Waals surface area contributed by atoms with Crippen LogP contribution in [0.1, 0.15) is 18.1 Å². The Labute approximate surface area is 99.0 Å². The van der Waals surface area contributed by atoms with Crippen LogP contribution in [0.3, 0.4) is 0 Å². The molecule has 100 valence electrons. The zero-order valence-electron chi connectivity index (χ0n) is 9.13. The summed E-state index contributed by atoms with van der Waals surface area (Å²) in [5.41, 5.74) is -5.21. The van der Waals surface area contributed by atoms with E-state index in [0.29, 0.717) is 13.0 Å². The number of hydrogen-bond acceptors (Lipinski definition) is 1. The summed E-state index contributed by atoms with van der Waals surface area (Å²) < 4.78 is 63.7. The Bertz CT molecular complexity index is 455. The number of hydrogen-bond donors (Lipinski definition) is 1. The molecule has 0 aliphatic carbocycles. The Morgan fingerprint density at radius 3 is 1.94 bits per heavy atom. The Morgan fingerprint density at radius 2 is 1.61 bits per heavy atom. The maximum absolute atomic E-state index is 12.8. The molecule has 1 aromatic carbocycles. The van der Waals surface area contributed by atoms with Crippen LogP contribution >= 0.6 is 0 Å². The summed E-state index contributed by atoms with van der Waals surface area (Å²) in [4.78, 5) is 10.9. The molecular formula is C11H9F5O2. The zero-order valence-corrected chi connectivity index (χ0v) is 9.13. The molecule has 18 heavy (non-hydrogen) atoms. The highest BCUT2D eigenvalue weighted by Gasteiger charge is 2.49. The lowest BCUT2D eigenvalue weighted by Gasteiger charge is -2.27. The molecule has 0 saturated heterocycles. The Kier molecular flexibility index (Phi) is 3.64. The first-order valence-corrected chi connectivity index (χ1v) is 4.80. The van der Waals surface area contributed by atoms with E-state index in [1.54, 1.807) is 0 Å². The smallest absolute Gasteiger partial charge is 0.416 e. The number of aliphatic carboxylic acids is 1. The van der Waals surface area contributed by atoms with E-state index in [1.165, 1.54) is 0 Å². The molecule has 7 heteroatoms. The fraction of sp³-hybridized carbons (Fsp3) is 0.364. The molecule has 2 nitrogen and oxygen atoms in total. The molecule has 0 heterocycles. The molecule has 0 bridgehead atoms. The number of alkyl halides is 5. The average Bonchev–Trinajstić information content (AvgIpc) is 2.26. The predicted molar refractivity (Wildman–Crippen MR) is 52.4 cm³/mol. The minimum Gasteiger partial charge on any atom is -0.480 e. The lowest BCUT2D eigenvalue weighted by atomic mass is 9.80. The number of rotatable bonds is 3. The van der Waals surface area contributed by atoms with Crippen LogP contribution in [0.15, 0.2) is 24.3 Å². The Balaban J connectivity index is 3.54. The van der Waals surface area contributed by atoms with E-state index in [2.05, 4.69) is 0 Å². The summed E-state index contributed by atoms with van der Waals surface area (Å²) in [5.74, 6) is -2.01. The van der Waals surface area contributed by atoms with Crippen molar-refractivity contribution in [3.63, 3.8) is 0 Å². The number of carboxylic acid groups (broad SMARTS) is 1. The summed E-state index contributed by atoms with van der Waals surface area (Å²) in [6, 6.07) is 3.44. The van der Waals surface area contributed by atoms with Gasteiger partial charge in [0.05, 0.1) is 5.56 Å². The molecule has 0 fully saturated rings. The lowest BCUT2D eigenvalue weighted by Crippen LogP contribution is -2.41. The van der Waals surface area contributed by atoms with Crippen molar-refractivity contribution < 1.29 is 31.9 Å². The number of halogens is 5. The highest BCUT2D eigenvalue weighted by Crippen LogP contribution is 2.40. The second-order valence-corrected chi connectivity index (χ2v) is 3.85. The third kappa shape index (κ3) is 2.30. The minimum atomic E-state index is -4.89. The Morgan fingerprint density at radius 1 is 1.17 bits per heavy atom. The van der Waals surface area contributed by atoms with Crippen LogP contribution < -0.4 is 0 Å². The first-order chi connectivity index (χ1) is 8.11.